The Morgan fingerprint density at radius 3 is 2.71 bits per heavy atom. The first-order chi connectivity index (χ1) is 11.6. The van der Waals surface area contributed by atoms with Gasteiger partial charge in [0.1, 0.15) is 12.4 Å². The Hall–Kier alpha value is -2.37. The van der Waals surface area contributed by atoms with E-state index in [1.54, 1.807) is 35.8 Å². The molecule has 1 heterocycles. The number of rotatable bonds is 5. The van der Waals surface area contributed by atoms with Gasteiger partial charge < -0.3 is 10.1 Å². The van der Waals surface area contributed by atoms with E-state index in [-0.39, 0.29) is 5.91 Å². The number of ether oxygens (including phenoxy) is 1. The lowest BCUT2D eigenvalue weighted by Gasteiger charge is -2.08. The molecule has 1 N–H and O–H groups in total. The lowest BCUT2D eigenvalue weighted by atomic mass is 10.2. The molecule has 0 aliphatic carbocycles. The predicted octanol–water partition coefficient (Wildman–Crippen LogP) is 4.94. The van der Waals surface area contributed by atoms with Crippen LogP contribution in [0.1, 0.15) is 21.6 Å². The van der Waals surface area contributed by atoms with Gasteiger partial charge in [-0.25, -0.2) is 4.98 Å². The highest BCUT2D eigenvalue weighted by atomic mass is 35.5. The summed E-state index contributed by atoms with van der Waals surface area (Å²) in [5.41, 5.74) is 4.84. The van der Waals surface area contributed by atoms with Crippen LogP contribution < -0.4 is 10.1 Å². The number of nitrogens with zero attached hydrogens (tertiary/aromatic N) is 1. The molecule has 4 nitrogen and oxygen atoms in total. The monoisotopic (exact) mass is 358 g/mol. The first kappa shape index (κ1) is 16.5. The number of aryl methyl sites for hydroxylation is 1. The summed E-state index contributed by atoms with van der Waals surface area (Å²) in [5, 5.41) is 5.39. The third kappa shape index (κ3) is 4.13. The molecule has 0 atom stereocenters. The van der Waals surface area contributed by atoms with Gasteiger partial charge in [0.25, 0.3) is 5.91 Å². The highest BCUT2D eigenvalue weighted by Gasteiger charge is 2.07. The molecule has 0 fully saturated rings. The molecule has 1 amide bonds. The molecule has 0 saturated carbocycles. The largest absolute Gasteiger partial charge is 0.487 e. The molecule has 0 spiro atoms. The lowest BCUT2D eigenvalue weighted by Crippen LogP contribution is -2.11. The molecule has 6 heteroatoms. The summed E-state index contributed by atoms with van der Waals surface area (Å²) in [6, 6.07) is 12.4. The van der Waals surface area contributed by atoms with Crippen molar-refractivity contribution >= 4 is 34.5 Å². The van der Waals surface area contributed by atoms with Gasteiger partial charge in [-0.1, -0.05) is 17.7 Å². The first-order valence-electron chi connectivity index (χ1n) is 7.29. The van der Waals surface area contributed by atoms with E-state index in [2.05, 4.69) is 10.3 Å². The van der Waals surface area contributed by atoms with Crippen LogP contribution in [-0.2, 0) is 6.61 Å². The Balaban J connectivity index is 1.61. The van der Waals surface area contributed by atoms with Crippen LogP contribution in [0.2, 0.25) is 5.02 Å². The van der Waals surface area contributed by atoms with Gasteiger partial charge in [0.15, 0.2) is 0 Å². The van der Waals surface area contributed by atoms with Crippen LogP contribution in [0.5, 0.6) is 5.75 Å². The predicted molar refractivity (Wildman–Crippen MR) is 97.0 cm³/mol. The van der Waals surface area contributed by atoms with Crippen molar-refractivity contribution in [2.75, 3.05) is 5.32 Å². The molecule has 0 aliphatic rings. The Bertz CT molecular complexity index is 833. The number of anilines is 1. The number of halogens is 1. The molecule has 0 bridgehead atoms. The SMILES string of the molecule is Cc1ccc(NC(=O)c2ccc(OCc3cscn3)cc2)cc1Cl. The smallest absolute Gasteiger partial charge is 0.255 e. The van der Waals surface area contributed by atoms with E-state index in [4.69, 9.17) is 16.3 Å². The maximum absolute atomic E-state index is 12.3. The molecular weight excluding hydrogens is 344 g/mol. The summed E-state index contributed by atoms with van der Waals surface area (Å²) < 4.78 is 5.63. The second-order valence-corrected chi connectivity index (χ2v) is 6.34. The van der Waals surface area contributed by atoms with Crippen molar-refractivity contribution in [2.45, 2.75) is 13.5 Å². The number of aromatic nitrogens is 1. The van der Waals surface area contributed by atoms with E-state index in [0.29, 0.717) is 28.6 Å². The van der Waals surface area contributed by atoms with Gasteiger partial charge >= 0.3 is 0 Å². The van der Waals surface area contributed by atoms with Crippen LogP contribution in [0.4, 0.5) is 5.69 Å². The molecule has 0 saturated heterocycles. The molecule has 1 aromatic heterocycles. The van der Waals surface area contributed by atoms with E-state index < -0.39 is 0 Å². The summed E-state index contributed by atoms with van der Waals surface area (Å²) in [7, 11) is 0. The zero-order chi connectivity index (χ0) is 16.9. The average molecular weight is 359 g/mol. The van der Waals surface area contributed by atoms with Gasteiger partial charge in [-0.2, -0.15) is 0 Å². The number of hydrogen-bond donors (Lipinski definition) is 1. The highest BCUT2D eigenvalue weighted by Crippen LogP contribution is 2.21. The Kier molecular flexibility index (Phi) is 5.13. The Labute approximate surface area is 149 Å². The fourth-order valence-electron chi connectivity index (χ4n) is 2.04. The van der Waals surface area contributed by atoms with Gasteiger partial charge in [0.2, 0.25) is 0 Å². The molecule has 3 aromatic rings. The zero-order valence-corrected chi connectivity index (χ0v) is 14.5. The molecule has 3 rings (SSSR count). The second kappa shape index (κ2) is 7.47. The van der Waals surface area contributed by atoms with Gasteiger partial charge in [-0.05, 0) is 48.9 Å². The number of amides is 1. The molecule has 24 heavy (non-hydrogen) atoms. The third-order valence-corrected chi connectivity index (χ3v) is 4.46. The number of nitrogens with one attached hydrogen (secondary N) is 1. The van der Waals surface area contributed by atoms with Crippen molar-refractivity contribution in [1.29, 1.82) is 0 Å². The average Bonchev–Trinajstić information content (AvgIpc) is 3.10. The van der Waals surface area contributed by atoms with Crippen LogP contribution in [0.3, 0.4) is 0 Å². The van der Waals surface area contributed by atoms with E-state index in [9.17, 15) is 4.79 Å². The van der Waals surface area contributed by atoms with Crippen molar-refractivity contribution in [3.63, 3.8) is 0 Å². The van der Waals surface area contributed by atoms with Gasteiger partial charge in [-0.3, -0.25) is 4.79 Å². The number of thiazole rings is 1. The van der Waals surface area contributed by atoms with Crippen molar-refractivity contribution in [1.82, 2.24) is 4.98 Å². The number of benzene rings is 2. The number of carbonyl (C=O) groups is 1. The molecule has 2 aromatic carbocycles. The maximum atomic E-state index is 12.3. The standard InChI is InChI=1S/C18H15ClN2O2S/c1-12-2-5-14(8-17(12)19)21-18(22)13-3-6-16(7-4-13)23-9-15-10-24-11-20-15/h2-8,10-11H,9H2,1H3,(H,21,22). The summed E-state index contributed by atoms with van der Waals surface area (Å²) in [6.07, 6.45) is 0. The normalized spacial score (nSPS) is 10.4. The van der Waals surface area contributed by atoms with Crippen LogP contribution in [0.25, 0.3) is 0 Å². The fourth-order valence-corrected chi connectivity index (χ4v) is 2.77. The zero-order valence-electron chi connectivity index (χ0n) is 13.0. The van der Waals surface area contributed by atoms with Crippen LogP contribution >= 0.6 is 22.9 Å². The fraction of sp³-hybridized carbons (Fsp3) is 0.111. The van der Waals surface area contributed by atoms with E-state index >= 15 is 0 Å². The quantitative estimate of drug-likeness (QED) is 0.703. The highest BCUT2D eigenvalue weighted by molar-refractivity contribution is 7.07. The second-order valence-electron chi connectivity index (χ2n) is 5.21. The van der Waals surface area contributed by atoms with Gasteiger partial charge in [0.05, 0.1) is 11.2 Å². The first-order valence-corrected chi connectivity index (χ1v) is 8.61. The van der Waals surface area contributed by atoms with Crippen LogP contribution in [0, 0.1) is 6.92 Å². The minimum atomic E-state index is -0.194. The van der Waals surface area contributed by atoms with Crippen LogP contribution in [0.15, 0.2) is 53.4 Å². The van der Waals surface area contributed by atoms with E-state index in [1.807, 2.05) is 24.4 Å². The number of hydrogen-bond acceptors (Lipinski definition) is 4. The van der Waals surface area contributed by atoms with Crippen molar-refractivity contribution in [3.8, 4) is 5.75 Å². The summed E-state index contributed by atoms with van der Waals surface area (Å²) >= 11 is 7.60. The lowest BCUT2D eigenvalue weighted by molar-refractivity contribution is 0.102. The molecule has 0 aliphatic heterocycles. The molecule has 0 unspecified atom stereocenters. The minimum absolute atomic E-state index is 0.194. The van der Waals surface area contributed by atoms with Gasteiger partial charge in [-0.15, -0.1) is 11.3 Å². The number of carbonyl (C=O) groups excluding carboxylic acids is 1. The van der Waals surface area contributed by atoms with Gasteiger partial charge in [0, 0.05) is 21.7 Å². The van der Waals surface area contributed by atoms with Crippen molar-refractivity contribution < 1.29 is 9.53 Å². The summed E-state index contributed by atoms with van der Waals surface area (Å²) in [6.45, 7) is 2.33. The topological polar surface area (TPSA) is 51.2 Å². The Morgan fingerprint density at radius 2 is 2.04 bits per heavy atom. The molecule has 0 radical (unpaired) electrons. The summed E-state index contributed by atoms with van der Waals surface area (Å²) in [4.78, 5) is 16.4. The van der Waals surface area contributed by atoms with Crippen molar-refractivity contribution in [3.05, 3.63) is 75.2 Å². The maximum Gasteiger partial charge on any atom is 0.255 e. The minimum Gasteiger partial charge on any atom is -0.487 e. The molecular formula is C18H15ClN2O2S. The Morgan fingerprint density at radius 1 is 1.25 bits per heavy atom. The van der Waals surface area contributed by atoms with E-state index in [0.717, 1.165) is 11.3 Å². The van der Waals surface area contributed by atoms with E-state index in [1.165, 1.54) is 11.3 Å². The third-order valence-electron chi connectivity index (χ3n) is 3.42. The van der Waals surface area contributed by atoms with Crippen molar-refractivity contribution in [2.24, 2.45) is 0 Å². The van der Waals surface area contributed by atoms with Crippen LogP contribution in [-0.4, -0.2) is 10.9 Å². The molecule has 122 valence electrons. The summed E-state index contributed by atoms with van der Waals surface area (Å²) in [5.74, 6) is 0.499.